The topological polar surface area (TPSA) is 218 Å². The van der Waals surface area contributed by atoms with Gasteiger partial charge in [-0.05, 0) is 134 Å². The van der Waals surface area contributed by atoms with Gasteiger partial charge >= 0.3 is 41.8 Å². The first-order valence-corrected chi connectivity index (χ1v) is 25.9. The molecule has 442 valence electrons. The van der Waals surface area contributed by atoms with Crippen molar-refractivity contribution in [3.63, 3.8) is 0 Å². The summed E-state index contributed by atoms with van der Waals surface area (Å²) in [6, 6.07) is 0. The lowest BCUT2D eigenvalue weighted by Crippen LogP contribution is -2.37. The lowest BCUT2D eigenvalue weighted by atomic mass is 9.82. The van der Waals surface area contributed by atoms with Crippen LogP contribution in [0.1, 0.15) is 228 Å². The highest BCUT2D eigenvalue weighted by Gasteiger charge is 2.34. The number of ketones is 2. The fourth-order valence-electron chi connectivity index (χ4n) is 3.51. The molecule has 0 amide bonds. The Hall–Kier alpha value is -4.37. The SMILES string of the molecule is CC(C)(C)C(=O)COC(=O)C(C)(C)C.CC(C)(C)C(=O)COC(=O)C(C)(C)C.CC(C)(C)COC(=O)C(C)(C)C.CC(C)(C)COC(=O)C(C)(C)C.CC(OC(=O)C(C)OC(=O)C(C)C(C)(C)C)C(=O)OC(C)(C)C. The minimum Gasteiger partial charge on any atom is -0.465 e. The quantitative estimate of drug-likeness (QED) is 0.139. The molecule has 0 fully saturated rings. The molecule has 16 heteroatoms. The largest absolute Gasteiger partial charge is 0.465 e. The van der Waals surface area contributed by atoms with Crippen molar-refractivity contribution in [3.05, 3.63) is 0 Å². The van der Waals surface area contributed by atoms with E-state index in [9.17, 15) is 43.2 Å². The van der Waals surface area contributed by atoms with E-state index in [1.165, 1.54) is 13.8 Å². The lowest BCUT2D eigenvalue weighted by molar-refractivity contribution is -0.182. The monoisotopic (exact) mass is 1070 g/mol. The average molecular weight is 1080 g/mol. The summed E-state index contributed by atoms with van der Waals surface area (Å²) in [6.07, 6.45) is -2.15. The van der Waals surface area contributed by atoms with E-state index in [1.807, 2.05) is 104 Å². The summed E-state index contributed by atoms with van der Waals surface area (Å²) in [4.78, 5) is 104. The third kappa shape index (κ3) is 44.5. The summed E-state index contributed by atoms with van der Waals surface area (Å²) in [5.41, 5.74) is -3.58. The maximum absolute atomic E-state index is 12.0. The van der Waals surface area contributed by atoms with Crippen LogP contribution >= 0.6 is 0 Å². The van der Waals surface area contributed by atoms with Crippen molar-refractivity contribution in [2.75, 3.05) is 26.4 Å². The van der Waals surface area contributed by atoms with E-state index in [2.05, 4.69) is 0 Å². The predicted octanol–water partition coefficient (Wildman–Crippen LogP) is 12.5. The first-order chi connectivity index (χ1) is 32.5. The summed E-state index contributed by atoms with van der Waals surface area (Å²) in [6.45, 7) is 61.0. The van der Waals surface area contributed by atoms with E-state index < -0.39 is 57.4 Å². The molecule has 0 aromatic heterocycles. The normalized spacial score (nSPS) is 13.7. The van der Waals surface area contributed by atoms with Gasteiger partial charge in [0.05, 0.1) is 40.8 Å². The Morgan fingerprint density at radius 1 is 0.320 bits per heavy atom. The Balaban J connectivity index is -0.000000280. The van der Waals surface area contributed by atoms with Gasteiger partial charge in [-0.1, -0.05) is 111 Å². The van der Waals surface area contributed by atoms with Crippen LogP contribution in [0.4, 0.5) is 0 Å². The molecule has 3 unspecified atom stereocenters. The zero-order valence-electron chi connectivity index (χ0n) is 53.6. The van der Waals surface area contributed by atoms with Crippen LogP contribution in [0.5, 0.6) is 0 Å². The van der Waals surface area contributed by atoms with Crippen molar-refractivity contribution in [1.29, 1.82) is 0 Å². The maximum atomic E-state index is 12.0. The molecule has 75 heavy (non-hydrogen) atoms. The fourth-order valence-corrected chi connectivity index (χ4v) is 3.51. The molecule has 0 saturated carbocycles. The summed E-state index contributed by atoms with van der Waals surface area (Å²) in [5.74, 6) is -3.33. The number of ether oxygens (including phenoxy) is 7. The molecule has 0 N–H and O–H groups in total. The zero-order chi connectivity index (χ0) is 61.7. The standard InChI is InChI=1S/C17H30O6.2C11H20O3.2C10H20O2/c1-10(16(4,5)6)13(18)21-11(2)14(19)22-12(3)15(20)23-17(7,8)9;2*1-10(2,3)8(12)7-14-9(13)11(4,5)6;2*1-9(2,3)7-12-8(11)10(4,5)6/h10-12H,1-9H3;2*7H2,1-6H3;2*7H2,1-6H3. The molecule has 0 radical (unpaired) electrons. The molecule has 0 aromatic rings. The Kier molecular flexibility index (Phi) is 33.0. The molecule has 16 nitrogen and oxygen atoms in total. The van der Waals surface area contributed by atoms with Gasteiger partial charge in [0.25, 0.3) is 0 Å². The Morgan fingerprint density at radius 3 is 0.773 bits per heavy atom. The molecule has 0 aliphatic carbocycles. The van der Waals surface area contributed by atoms with Crippen molar-refractivity contribution >= 4 is 53.4 Å². The highest BCUT2D eigenvalue weighted by atomic mass is 16.6. The molecule has 0 heterocycles. The Labute approximate surface area is 455 Å². The summed E-state index contributed by atoms with van der Waals surface area (Å²) >= 11 is 0. The van der Waals surface area contributed by atoms with Gasteiger partial charge in [0.1, 0.15) is 5.60 Å². The van der Waals surface area contributed by atoms with E-state index in [4.69, 9.17) is 33.2 Å². The Bertz CT molecular complexity index is 1670. The van der Waals surface area contributed by atoms with Crippen LogP contribution in [0.3, 0.4) is 0 Å². The van der Waals surface area contributed by atoms with Gasteiger partial charge in [-0.3, -0.25) is 33.6 Å². The number of rotatable bonds is 11. The van der Waals surface area contributed by atoms with Crippen LogP contribution in [0.25, 0.3) is 0 Å². The van der Waals surface area contributed by atoms with Gasteiger partial charge in [0.15, 0.2) is 37.0 Å². The molecular formula is C59H110O16. The second-order valence-electron chi connectivity index (χ2n) is 29.6. The molecule has 0 spiro atoms. The van der Waals surface area contributed by atoms with Gasteiger partial charge in [-0.2, -0.15) is 0 Å². The minimum absolute atomic E-state index is 0.0565. The molecular weight excluding hydrogens is 965 g/mol. The summed E-state index contributed by atoms with van der Waals surface area (Å²) in [5, 5.41) is 0. The first kappa shape index (κ1) is 79.5. The molecule has 0 bridgehead atoms. The highest BCUT2D eigenvalue weighted by Crippen LogP contribution is 2.27. The smallest absolute Gasteiger partial charge is 0.347 e. The van der Waals surface area contributed by atoms with Crippen molar-refractivity contribution in [2.24, 2.45) is 54.7 Å². The van der Waals surface area contributed by atoms with Gasteiger partial charge in [0, 0.05) is 10.8 Å². The van der Waals surface area contributed by atoms with Gasteiger partial charge < -0.3 is 33.2 Å². The first-order valence-electron chi connectivity index (χ1n) is 25.9. The number of esters is 7. The van der Waals surface area contributed by atoms with Crippen LogP contribution in [0.15, 0.2) is 0 Å². The zero-order valence-corrected chi connectivity index (χ0v) is 53.6. The molecule has 3 atom stereocenters. The number of carbonyl (C=O) groups is 9. The van der Waals surface area contributed by atoms with E-state index in [1.54, 1.807) is 111 Å². The number of carbonyl (C=O) groups excluding carboxylic acids is 9. The molecule has 0 saturated heterocycles. The van der Waals surface area contributed by atoms with Crippen molar-refractivity contribution < 1.29 is 76.3 Å². The van der Waals surface area contributed by atoms with Gasteiger partial charge in [-0.15, -0.1) is 0 Å². The summed E-state index contributed by atoms with van der Waals surface area (Å²) in [7, 11) is 0. The number of hydrogen-bond donors (Lipinski definition) is 0. The minimum atomic E-state index is -1.09. The van der Waals surface area contributed by atoms with Crippen LogP contribution in [0.2, 0.25) is 0 Å². The number of Topliss-reactive ketones (excluding diaryl/α,β-unsaturated/α-hetero) is 2. The number of hydrogen-bond acceptors (Lipinski definition) is 16. The summed E-state index contributed by atoms with van der Waals surface area (Å²) < 4.78 is 35.3. The lowest BCUT2D eigenvalue weighted by Gasteiger charge is -2.26. The van der Waals surface area contributed by atoms with E-state index in [0.717, 1.165) is 0 Å². The molecule has 0 aliphatic rings. The predicted molar refractivity (Wildman–Crippen MR) is 295 cm³/mol. The van der Waals surface area contributed by atoms with Crippen LogP contribution < -0.4 is 0 Å². The van der Waals surface area contributed by atoms with Crippen LogP contribution in [-0.2, 0) is 76.3 Å². The molecule has 0 aromatic carbocycles. The molecule has 0 rings (SSSR count). The van der Waals surface area contributed by atoms with Crippen LogP contribution in [0, 0.1) is 54.7 Å². The van der Waals surface area contributed by atoms with E-state index in [0.29, 0.717) is 13.2 Å². The third-order valence-electron chi connectivity index (χ3n) is 9.37. The second kappa shape index (κ2) is 31.1. The third-order valence-corrected chi connectivity index (χ3v) is 9.37. The average Bonchev–Trinajstić information content (AvgIpc) is 3.16. The van der Waals surface area contributed by atoms with Crippen molar-refractivity contribution in [3.8, 4) is 0 Å². The van der Waals surface area contributed by atoms with Crippen LogP contribution in [-0.4, -0.2) is 97.6 Å². The Morgan fingerprint density at radius 2 is 0.560 bits per heavy atom. The molecule has 0 aliphatic heterocycles. The second-order valence-corrected chi connectivity index (χ2v) is 29.6. The van der Waals surface area contributed by atoms with E-state index >= 15 is 0 Å². The van der Waals surface area contributed by atoms with Gasteiger partial charge in [-0.25, -0.2) is 9.59 Å². The van der Waals surface area contributed by atoms with Gasteiger partial charge in [0.2, 0.25) is 0 Å². The highest BCUT2D eigenvalue weighted by molar-refractivity contribution is 5.88. The van der Waals surface area contributed by atoms with E-state index in [-0.39, 0.29) is 81.7 Å². The maximum Gasteiger partial charge on any atom is 0.347 e. The van der Waals surface area contributed by atoms with Crippen molar-refractivity contribution in [1.82, 2.24) is 0 Å². The van der Waals surface area contributed by atoms with Crippen molar-refractivity contribution in [2.45, 2.75) is 246 Å². The fraction of sp³-hybridized carbons (Fsp3) is 0.847.